The van der Waals surface area contributed by atoms with Crippen LogP contribution in [0.1, 0.15) is 19.4 Å². The summed E-state index contributed by atoms with van der Waals surface area (Å²) in [6, 6.07) is 3.53. The highest BCUT2D eigenvalue weighted by Gasteiger charge is 2.34. The van der Waals surface area contributed by atoms with Crippen LogP contribution in [0.25, 0.3) is 0 Å². The summed E-state index contributed by atoms with van der Waals surface area (Å²) < 4.78 is 43.0. The minimum Gasteiger partial charge on any atom is -0.493 e. The van der Waals surface area contributed by atoms with Crippen molar-refractivity contribution in [1.82, 2.24) is 0 Å². The highest BCUT2D eigenvalue weighted by Crippen LogP contribution is 2.37. The lowest BCUT2D eigenvalue weighted by molar-refractivity contribution is -0.139. The Balaban J connectivity index is 2.99. The molecule has 0 fully saturated rings. The zero-order chi connectivity index (χ0) is 12.3. The van der Waals surface area contributed by atoms with E-state index in [1.54, 1.807) is 0 Å². The number of rotatable bonds is 3. The molecule has 0 saturated carbocycles. The van der Waals surface area contributed by atoms with Gasteiger partial charge < -0.3 is 10.5 Å². The molecule has 2 N–H and O–H groups in total. The van der Waals surface area contributed by atoms with Crippen molar-refractivity contribution in [3.63, 3.8) is 0 Å². The fourth-order valence-corrected chi connectivity index (χ4v) is 1.15. The number of hydrogen-bond donors (Lipinski definition) is 1. The molecule has 16 heavy (non-hydrogen) atoms. The first kappa shape index (κ1) is 12.7. The standard InChI is InChI=1S/C11H14F3NO/c1-7(2)6-16-10-4-3-8(15)5-9(10)11(12,13)14/h3-5,7H,6,15H2,1-2H3. The average Bonchev–Trinajstić information content (AvgIpc) is 2.14. The Hall–Kier alpha value is -1.39. The maximum Gasteiger partial charge on any atom is 0.420 e. The van der Waals surface area contributed by atoms with Gasteiger partial charge in [0, 0.05) is 5.69 Å². The summed E-state index contributed by atoms with van der Waals surface area (Å²) in [4.78, 5) is 0. The first-order valence-corrected chi connectivity index (χ1v) is 4.90. The second-order valence-corrected chi connectivity index (χ2v) is 3.96. The molecule has 1 aromatic carbocycles. The molecular weight excluding hydrogens is 219 g/mol. The van der Waals surface area contributed by atoms with Crippen LogP contribution in [0, 0.1) is 5.92 Å². The molecule has 1 rings (SSSR count). The molecule has 0 bridgehead atoms. The van der Waals surface area contributed by atoms with Crippen LogP contribution in [0.5, 0.6) is 5.75 Å². The van der Waals surface area contributed by atoms with Gasteiger partial charge in [-0.05, 0) is 24.1 Å². The number of hydrogen-bond acceptors (Lipinski definition) is 2. The number of benzene rings is 1. The quantitative estimate of drug-likeness (QED) is 0.813. The molecule has 0 atom stereocenters. The Morgan fingerprint density at radius 2 is 1.94 bits per heavy atom. The molecule has 0 amide bonds. The molecule has 0 aliphatic heterocycles. The Morgan fingerprint density at radius 1 is 1.31 bits per heavy atom. The zero-order valence-corrected chi connectivity index (χ0v) is 9.14. The minimum absolute atomic E-state index is 0.0734. The van der Waals surface area contributed by atoms with Crippen LogP contribution in [0.2, 0.25) is 0 Å². The van der Waals surface area contributed by atoms with E-state index in [1.807, 2.05) is 13.8 Å². The predicted octanol–water partition coefficient (Wildman–Crippen LogP) is 3.32. The van der Waals surface area contributed by atoms with E-state index in [1.165, 1.54) is 12.1 Å². The van der Waals surface area contributed by atoms with Crippen molar-refractivity contribution in [2.24, 2.45) is 5.92 Å². The Kier molecular flexibility index (Phi) is 3.67. The topological polar surface area (TPSA) is 35.2 Å². The SMILES string of the molecule is CC(C)COc1ccc(N)cc1C(F)(F)F. The van der Waals surface area contributed by atoms with Gasteiger partial charge in [0.2, 0.25) is 0 Å². The van der Waals surface area contributed by atoms with Crippen molar-refractivity contribution in [2.75, 3.05) is 12.3 Å². The molecule has 0 heterocycles. The summed E-state index contributed by atoms with van der Waals surface area (Å²) in [6.07, 6.45) is -4.44. The van der Waals surface area contributed by atoms with Crippen LogP contribution in [0.4, 0.5) is 18.9 Å². The number of alkyl halides is 3. The zero-order valence-electron chi connectivity index (χ0n) is 9.14. The number of nitrogens with two attached hydrogens (primary N) is 1. The summed E-state index contributed by atoms with van der Waals surface area (Å²) in [7, 11) is 0. The summed E-state index contributed by atoms with van der Waals surface area (Å²) in [5.74, 6) is -0.00552. The van der Waals surface area contributed by atoms with Crippen LogP contribution < -0.4 is 10.5 Å². The van der Waals surface area contributed by atoms with E-state index in [0.717, 1.165) is 6.07 Å². The first-order chi connectivity index (χ1) is 7.30. The van der Waals surface area contributed by atoms with Crippen LogP contribution in [-0.4, -0.2) is 6.61 Å². The molecule has 0 aliphatic carbocycles. The Labute approximate surface area is 92.2 Å². The van der Waals surface area contributed by atoms with Crippen molar-refractivity contribution in [3.8, 4) is 5.75 Å². The third-order valence-corrected chi connectivity index (χ3v) is 1.88. The first-order valence-electron chi connectivity index (χ1n) is 4.90. The van der Waals surface area contributed by atoms with E-state index in [4.69, 9.17) is 10.5 Å². The van der Waals surface area contributed by atoms with Gasteiger partial charge >= 0.3 is 6.18 Å². The second kappa shape index (κ2) is 4.63. The van der Waals surface area contributed by atoms with Crippen molar-refractivity contribution in [1.29, 1.82) is 0 Å². The molecule has 0 unspecified atom stereocenters. The molecule has 5 heteroatoms. The van der Waals surface area contributed by atoms with Crippen LogP contribution in [0.15, 0.2) is 18.2 Å². The summed E-state index contributed by atoms with van der Waals surface area (Å²) in [6.45, 7) is 3.97. The molecule has 0 aliphatic rings. The highest BCUT2D eigenvalue weighted by atomic mass is 19.4. The lowest BCUT2D eigenvalue weighted by Gasteiger charge is -2.15. The van der Waals surface area contributed by atoms with E-state index >= 15 is 0 Å². The Bertz CT molecular complexity index is 361. The fourth-order valence-electron chi connectivity index (χ4n) is 1.15. The lowest BCUT2D eigenvalue weighted by Crippen LogP contribution is -2.12. The van der Waals surface area contributed by atoms with Gasteiger partial charge in [-0.2, -0.15) is 13.2 Å². The smallest absolute Gasteiger partial charge is 0.420 e. The maximum atomic E-state index is 12.6. The number of anilines is 1. The molecule has 0 saturated heterocycles. The third-order valence-electron chi connectivity index (χ3n) is 1.88. The van der Waals surface area contributed by atoms with E-state index < -0.39 is 11.7 Å². The number of nitrogen functional groups attached to an aromatic ring is 1. The van der Waals surface area contributed by atoms with Gasteiger partial charge in [0.25, 0.3) is 0 Å². The molecule has 0 spiro atoms. The van der Waals surface area contributed by atoms with Crippen LogP contribution >= 0.6 is 0 Å². The van der Waals surface area contributed by atoms with Crippen LogP contribution in [-0.2, 0) is 6.18 Å². The van der Waals surface area contributed by atoms with Gasteiger partial charge in [0.05, 0.1) is 12.2 Å². The molecule has 0 aromatic heterocycles. The fraction of sp³-hybridized carbons (Fsp3) is 0.455. The summed E-state index contributed by atoms with van der Waals surface area (Å²) in [5, 5.41) is 0. The van der Waals surface area contributed by atoms with Gasteiger partial charge in [0.15, 0.2) is 0 Å². The van der Waals surface area contributed by atoms with Crippen LogP contribution in [0.3, 0.4) is 0 Å². The molecule has 0 radical (unpaired) electrons. The van der Waals surface area contributed by atoms with Gasteiger partial charge in [-0.25, -0.2) is 0 Å². The normalized spacial score (nSPS) is 11.9. The number of ether oxygens (including phenoxy) is 1. The van der Waals surface area contributed by atoms with Gasteiger partial charge in [0.1, 0.15) is 5.75 Å². The van der Waals surface area contributed by atoms with E-state index in [-0.39, 0.29) is 24.0 Å². The predicted molar refractivity (Wildman–Crippen MR) is 56.2 cm³/mol. The molecular formula is C11H14F3NO. The highest BCUT2D eigenvalue weighted by molar-refractivity contribution is 5.49. The Morgan fingerprint density at radius 3 is 2.44 bits per heavy atom. The van der Waals surface area contributed by atoms with E-state index in [0.29, 0.717) is 0 Å². The van der Waals surface area contributed by atoms with Crippen molar-refractivity contribution < 1.29 is 17.9 Å². The molecule has 90 valence electrons. The van der Waals surface area contributed by atoms with Gasteiger partial charge in [-0.3, -0.25) is 0 Å². The lowest BCUT2D eigenvalue weighted by atomic mass is 10.1. The van der Waals surface area contributed by atoms with Crippen molar-refractivity contribution >= 4 is 5.69 Å². The minimum atomic E-state index is -4.44. The third kappa shape index (κ3) is 3.32. The maximum absolute atomic E-state index is 12.6. The van der Waals surface area contributed by atoms with E-state index in [9.17, 15) is 13.2 Å². The second-order valence-electron chi connectivity index (χ2n) is 3.96. The number of halogens is 3. The molecule has 1 aromatic rings. The largest absolute Gasteiger partial charge is 0.493 e. The molecule has 2 nitrogen and oxygen atoms in total. The monoisotopic (exact) mass is 233 g/mol. The average molecular weight is 233 g/mol. The summed E-state index contributed by atoms with van der Waals surface area (Å²) in [5.41, 5.74) is 4.57. The van der Waals surface area contributed by atoms with Gasteiger partial charge in [-0.15, -0.1) is 0 Å². The van der Waals surface area contributed by atoms with E-state index in [2.05, 4.69) is 0 Å². The summed E-state index contributed by atoms with van der Waals surface area (Å²) >= 11 is 0. The van der Waals surface area contributed by atoms with Crippen molar-refractivity contribution in [2.45, 2.75) is 20.0 Å². The van der Waals surface area contributed by atoms with Crippen molar-refractivity contribution in [3.05, 3.63) is 23.8 Å². The van der Waals surface area contributed by atoms with Gasteiger partial charge in [-0.1, -0.05) is 13.8 Å².